The van der Waals surface area contributed by atoms with Gasteiger partial charge in [0.05, 0.1) is 6.04 Å². The van der Waals surface area contributed by atoms with Gasteiger partial charge >= 0.3 is 0 Å². The van der Waals surface area contributed by atoms with Gasteiger partial charge in [0.2, 0.25) is 0 Å². The topological polar surface area (TPSA) is 26.0 Å². The Bertz CT molecular complexity index is 897. The summed E-state index contributed by atoms with van der Waals surface area (Å²) < 4.78 is 13.0. The van der Waals surface area contributed by atoms with Crippen molar-refractivity contribution < 1.29 is 4.39 Å². The summed E-state index contributed by atoms with van der Waals surface area (Å²) in [5, 5.41) is 7.12. The first-order valence-electron chi connectivity index (χ1n) is 6.77. The quantitative estimate of drug-likeness (QED) is 0.527. The van der Waals surface area contributed by atoms with E-state index in [4.69, 9.17) is 5.73 Å². The number of benzene rings is 4. The van der Waals surface area contributed by atoms with Gasteiger partial charge < -0.3 is 5.73 Å². The Morgan fingerprint density at radius 3 is 2.10 bits per heavy atom. The van der Waals surface area contributed by atoms with E-state index in [-0.39, 0.29) is 0 Å². The molecule has 98 valence electrons. The van der Waals surface area contributed by atoms with Gasteiger partial charge in [0.1, 0.15) is 6.67 Å². The Hall–Kier alpha value is -2.19. The van der Waals surface area contributed by atoms with Crippen molar-refractivity contribution in [3.05, 3.63) is 60.2 Å². The number of rotatable bonds is 2. The molecular weight excluding hydrogens is 249 g/mol. The minimum atomic E-state index is -0.556. The molecule has 0 fully saturated rings. The summed E-state index contributed by atoms with van der Waals surface area (Å²) in [6.45, 7) is -0.538. The smallest absolute Gasteiger partial charge is 0.109 e. The van der Waals surface area contributed by atoms with Crippen molar-refractivity contribution in [3.63, 3.8) is 0 Å². The van der Waals surface area contributed by atoms with Gasteiger partial charge in [-0.1, -0.05) is 54.6 Å². The molecule has 0 aliphatic rings. The molecule has 0 amide bonds. The Balaban J connectivity index is 2.26. The van der Waals surface area contributed by atoms with Gasteiger partial charge in [0, 0.05) is 0 Å². The summed E-state index contributed by atoms with van der Waals surface area (Å²) in [5.74, 6) is 0. The zero-order valence-electron chi connectivity index (χ0n) is 10.9. The second kappa shape index (κ2) is 4.15. The molecular formula is C18H14FN. The zero-order chi connectivity index (χ0) is 13.7. The van der Waals surface area contributed by atoms with Crippen molar-refractivity contribution in [3.8, 4) is 0 Å². The third-order valence-corrected chi connectivity index (χ3v) is 4.13. The molecule has 4 aromatic carbocycles. The fraction of sp³-hybridized carbons (Fsp3) is 0.111. The van der Waals surface area contributed by atoms with E-state index in [1.54, 1.807) is 0 Å². The van der Waals surface area contributed by atoms with Crippen LogP contribution in [0.3, 0.4) is 0 Å². The van der Waals surface area contributed by atoms with Gasteiger partial charge in [-0.05, 0) is 37.9 Å². The Kier molecular flexibility index (Phi) is 2.41. The van der Waals surface area contributed by atoms with Crippen LogP contribution in [0.25, 0.3) is 32.3 Å². The normalized spacial score (nSPS) is 13.5. The second-order valence-electron chi connectivity index (χ2n) is 5.27. The lowest BCUT2D eigenvalue weighted by molar-refractivity contribution is 0.438. The van der Waals surface area contributed by atoms with Gasteiger partial charge in [-0.2, -0.15) is 0 Å². The van der Waals surface area contributed by atoms with Crippen LogP contribution in [0.5, 0.6) is 0 Å². The molecule has 0 spiro atoms. The molecule has 0 aliphatic carbocycles. The second-order valence-corrected chi connectivity index (χ2v) is 5.27. The maximum Gasteiger partial charge on any atom is 0.109 e. The van der Waals surface area contributed by atoms with Crippen LogP contribution in [-0.2, 0) is 0 Å². The highest BCUT2D eigenvalue weighted by Gasteiger charge is 2.14. The molecule has 0 heterocycles. The third-order valence-electron chi connectivity index (χ3n) is 4.13. The standard InChI is InChI=1S/C18H14FN/c19-10-16(20)14-8-6-13-5-4-11-2-1-3-12-7-9-15(14)18(13)17(11)12/h1-9,16H,10,20H2/t16-/m1/s1. The Labute approximate surface area is 116 Å². The average molecular weight is 263 g/mol. The Morgan fingerprint density at radius 1 is 0.800 bits per heavy atom. The summed E-state index contributed by atoms with van der Waals surface area (Å²) >= 11 is 0. The van der Waals surface area contributed by atoms with E-state index >= 15 is 0 Å². The van der Waals surface area contributed by atoms with Gasteiger partial charge in [-0.25, -0.2) is 4.39 Å². The SMILES string of the molecule is N[C@H](CF)c1ccc2ccc3cccc4ccc1c2c34. The third kappa shape index (κ3) is 1.46. The lowest BCUT2D eigenvalue weighted by Crippen LogP contribution is -2.12. The summed E-state index contributed by atoms with van der Waals surface area (Å²) in [6, 6.07) is 18.1. The molecule has 2 N–H and O–H groups in total. The van der Waals surface area contributed by atoms with E-state index in [2.05, 4.69) is 42.5 Å². The van der Waals surface area contributed by atoms with E-state index in [1.165, 1.54) is 26.9 Å². The molecule has 4 aromatic rings. The number of halogens is 1. The fourth-order valence-electron chi connectivity index (χ4n) is 3.16. The molecule has 20 heavy (non-hydrogen) atoms. The van der Waals surface area contributed by atoms with Crippen molar-refractivity contribution in [1.82, 2.24) is 0 Å². The van der Waals surface area contributed by atoms with E-state index < -0.39 is 12.7 Å². The Morgan fingerprint density at radius 2 is 1.40 bits per heavy atom. The molecule has 0 aromatic heterocycles. The number of hydrogen-bond acceptors (Lipinski definition) is 1. The molecule has 0 saturated heterocycles. The predicted octanol–water partition coefficient (Wildman–Crippen LogP) is 4.55. The van der Waals surface area contributed by atoms with Crippen molar-refractivity contribution in [2.24, 2.45) is 5.73 Å². The monoisotopic (exact) mass is 263 g/mol. The van der Waals surface area contributed by atoms with Crippen molar-refractivity contribution >= 4 is 32.3 Å². The summed E-state index contributed by atoms with van der Waals surface area (Å²) in [4.78, 5) is 0. The van der Waals surface area contributed by atoms with E-state index in [9.17, 15) is 4.39 Å². The highest BCUT2D eigenvalue weighted by molar-refractivity contribution is 6.23. The van der Waals surface area contributed by atoms with Crippen LogP contribution in [0.1, 0.15) is 11.6 Å². The lowest BCUT2D eigenvalue weighted by Gasteiger charge is -2.16. The van der Waals surface area contributed by atoms with Gasteiger partial charge in [0.15, 0.2) is 0 Å². The van der Waals surface area contributed by atoms with Crippen molar-refractivity contribution in [2.75, 3.05) is 6.67 Å². The summed E-state index contributed by atoms with van der Waals surface area (Å²) in [5.41, 5.74) is 6.80. The van der Waals surface area contributed by atoms with Crippen molar-refractivity contribution in [2.45, 2.75) is 6.04 Å². The van der Waals surface area contributed by atoms with Crippen LogP contribution in [-0.4, -0.2) is 6.67 Å². The van der Waals surface area contributed by atoms with Crippen LogP contribution in [0.4, 0.5) is 4.39 Å². The first-order valence-corrected chi connectivity index (χ1v) is 6.77. The van der Waals surface area contributed by atoms with E-state index in [1.807, 2.05) is 12.1 Å². The minimum Gasteiger partial charge on any atom is -0.322 e. The minimum absolute atomic E-state index is 0.538. The van der Waals surface area contributed by atoms with Crippen LogP contribution in [0.2, 0.25) is 0 Å². The van der Waals surface area contributed by atoms with Gasteiger partial charge in [0.25, 0.3) is 0 Å². The lowest BCUT2D eigenvalue weighted by atomic mass is 9.90. The molecule has 0 aliphatic heterocycles. The van der Waals surface area contributed by atoms with Crippen molar-refractivity contribution in [1.29, 1.82) is 0 Å². The molecule has 0 saturated carbocycles. The first kappa shape index (κ1) is 11.6. The first-order chi connectivity index (χ1) is 9.79. The van der Waals surface area contributed by atoms with Crippen LogP contribution in [0.15, 0.2) is 54.6 Å². The summed E-state index contributed by atoms with van der Waals surface area (Å²) in [7, 11) is 0. The molecule has 0 bridgehead atoms. The summed E-state index contributed by atoms with van der Waals surface area (Å²) in [6.07, 6.45) is 0. The highest BCUT2D eigenvalue weighted by Crippen LogP contribution is 2.37. The average Bonchev–Trinajstić information content (AvgIpc) is 2.51. The van der Waals surface area contributed by atoms with Crippen LogP contribution in [0, 0.1) is 0 Å². The zero-order valence-corrected chi connectivity index (χ0v) is 10.9. The largest absolute Gasteiger partial charge is 0.322 e. The van der Waals surface area contributed by atoms with Crippen LogP contribution >= 0.6 is 0 Å². The highest BCUT2D eigenvalue weighted by atomic mass is 19.1. The maximum absolute atomic E-state index is 13.0. The number of alkyl halides is 1. The van der Waals surface area contributed by atoms with E-state index in [0.717, 1.165) is 10.9 Å². The fourth-order valence-corrected chi connectivity index (χ4v) is 3.16. The molecule has 1 atom stereocenters. The predicted molar refractivity (Wildman–Crippen MR) is 83.0 cm³/mol. The van der Waals surface area contributed by atoms with Crippen LogP contribution < -0.4 is 5.73 Å². The number of nitrogens with two attached hydrogens (primary N) is 1. The molecule has 0 unspecified atom stereocenters. The molecule has 0 radical (unpaired) electrons. The molecule has 4 rings (SSSR count). The van der Waals surface area contributed by atoms with Gasteiger partial charge in [-0.15, -0.1) is 0 Å². The van der Waals surface area contributed by atoms with Gasteiger partial charge in [-0.3, -0.25) is 0 Å². The number of hydrogen-bond donors (Lipinski definition) is 1. The van der Waals surface area contributed by atoms with E-state index in [0.29, 0.717) is 0 Å². The molecule has 2 heteroatoms. The molecule has 1 nitrogen and oxygen atoms in total. The maximum atomic E-state index is 13.0.